The molecule has 4 unspecified atom stereocenters. The summed E-state index contributed by atoms with van der Waals surface area (Å²) in [6.07, 6.45) is 1.83. The maximum Gasteiger partial charge on any atom is 0.336 e. The molecule has 4 rings (SSSR count). The smallest absolute Gasteiger partial charge is 0.336 e. The van der Waals surface area contributed by atoms with Crippen molar-refractivity contribution in [3.05, 3.63) is 31.5 Å². The molecule has 3 aliphatic rings. The lowest BCUT2D eigenvalue weighted by Crippen LogP contribution is -2.68. The van der Waals surface area contributed by atoms with Gasteiger partial charge in [-0.25, -0.2) is 28.1 Å². The van der Waals surface area contributed by atoms with Gasteiger partial charge in [-0.15, -0.1) is 0 Å². The number of carbonyl (C=O) groups is 5. The summed E-state index contributed by atoms with van der Waals surface area (Å²) in [5.74, 6) is -1.81. The first-order valence-corrected chi connectivity index (χ1v) is 22.9. The van der Waals surface area contributed by atoms with E-state index in [0.29, 0.717) is 32.1 Å². The van der Waals surface area contributed by atoms with Gasteiger partial charge in [0, 0.05) is 105 Å². The molecule has 0 aliphatic carbocycles. The minimum atomic E-state index is -1.01. The number of carbonyl (C=O) groups excluding carboxylic acids is 5. The molecule has 17 heteroatoms. The molecule has 3 amide bonds. The van der Waals surface area contributed by atoms with E-state index in [9.17, 15) is 38.4 Å². The first-order valence-electron chi connectivity index (χ1n) is 22.9. The SMILES string of the molecule is CCC1(C)CC(NC(=O)CCn2c(=O)n(CCC(=O)OC3CC(C)(C)N(C(C)=O)C(C)(C)C3)c(=O)n(CCC(=O)OC3CC(C)(C)N(C(C)=O)C(C)(C)C3)c2=O)C(C)C(C)(CC)N1. The summed E-state index contributed by atoms with van der Waals surface area (Å²) in [7, 11) is 0. The number of amides is 3. The van der Waals surface area contributed by atoms with E-state index in [-0.39, 0.29) is 66.6 Å². The van der Waals surface area contributed by atoms with E-state index in [1.165, 1.54) is 13.8 Å². The number of aromatic nitrogens is 3. The second-order valence-electron chi connectivity index (χ2n) is 21.5. The molecule has 3 aliphatic heterocycles. The lowest BCUT2D eigenvalue weighted by atomic mass is 9.69. The van der Waals surface area contributed by atoms with Crippen molar-refractivity contribution < 1.29 is 33.4 Å². The average molecular weight is 888 g/mol. The molecule has 4 heterocycles. The Bertz CT molecular complexity index is 1950. The first kappa shape index (κ1) is 51.4. The van der Waals surface area contributed by atoms with Gasteiger partial charge in [0.2, 0.25) is 17.7 Å². The topological polar surface area (TPSA) is 200 Å². The van der Waals surface area contributed by atoms with E-state index in [2.05, 4.69) is 45.3 Å². The van der Waals surface area contributed by atoms with Crippen LogP contribution in [0.4, 0.5) is 0 Å². The Morgan fingerprint density at radius 3 is 1.25 bits per heavy atom. The van der Waals surface area contributed by atoms with Crippen LogP contribution in [0.15, 0.2) is 14.4 Å². The molecule has 17 nitrogen and oxygen atoms in total. The summed E-state index contributed by atoms with van der Waals surface area (Å²) in [4.78, 5) is 111. The summed E-state index contributed by atoms with van der Waals surface area (Å²) in [6, 6.07) is -0.176. The Balaban J connectivity index is 1.58. The fraction of sp³-hybridized carbons (Fsp3) is 0.826. The summed E-state index contributed by atoms with van der Waals surface area (Å²) in [5, 5.41) is 6.95. The molecule has 0 saturated carbocycles. The number of esters is 2. The number of hydrogen-bond acceptors (Lipinski definition) is 11. The predicted molar refractivity (Wildman–Crippen MR) is 239 cm³/mol. The number of nitrogens with zero attached hydrogens (tertiary/aromatic N) is 5. The van der Waals surface area contributed by atoms with Crippen molar-refractivity contribution in [2.75, 3.05) is 0 Å². The summed E-state index contributed by atoms with van der Waals surface area (Å²) in [6.45, 7) is 27.7. The van der Waals surface area contributed by atoms with Crippen LogP contribution in [0.5, 0.6) is 0 Å². The zero-order chi connectivity index (χ0) is 47.8. The molecule has 1 aromatic heterocycles. The molecule has 356 valence electrons. The fourth-order valence-electron chi connectivity index (χ4n) is 11.7. The molecule has 2 N–H and O–H groups in total. The van der Waals surface area contributed by atoms with Crippen molar-refractivity contribution in [3.63, 3.8) is 0 Å². The number of piperidine rings is 3. The standard InChI is InChI=1S/C46H77N7O10/c1-16-45(14)28-34(29(3)46(15,17-2)48-45)47-35(56)18-21-49-38(59)50(22-19-36(57)62-32-24-41(6,7)52(30(4)54)42(8,9)25-32)40(61)51(39(49)60)23-20-37(58)63-33-26-43(10,11)53(31(5)55)44(12,13)27-33/h29,32-34,48H,16-28H2,1-15H3,(H,47,56). The van der Waals surface area contributed by atoms with E-state index >= 15 is 0 Å². The Kier molecular flexibility index (Phi) is 15.2. The highest BCUT2D eigenvalue weighted by Crippen LogP contribution is 2.41. The van der Waals surface area contributed by atoms with Crippen LogP contribution in [0, 0.1) is 5.92 Å². The van der Waals surface area contributed by atoms with Crippen LogP contribution in [0.25, 0.3) is 0 Å². The van der Waals surface area contributed by atoms with Gasteiger partial charge in [0.15, 0.2) is 0 Å². The Morgan fingerprint density at radius 1 is 0.587 bits per heavy atom. The zero-order valence-electron chi connectivity index (χ0n) is 40.8. The summed E-state index contributed by atoms with van der Waals surface area (Å²) in [5.41, 5.74) is -5.88. The molecule has 0 aromatic carbocycles. The third-order valence-electron chi connectivity index (χ3n) is 14.3. The summed E-state index contributed by atoms with van der Waals surface area (Å²) < 4.78 is 14.1. The maximum atomic E-state index is 14.0. The van der Waals surface area contributed by atoms with E-state index in [0.717, 1.165) is 26.5 Å². The van der Waals surface area contributed by atoms with Crippen LogP contribution in [0.2, 0.25) is 0 Å². The third kappa shape index (κ3) is 11.3. The van der Waals surface area contributed by atoms with Crippen molar-refractivity contribution in [2.24, 2.45) is 5.92 Å². The van der Waals surface area contributed by atoms with Crippen molar-refractivity contribution in [1.29, 1.82) is 0 Å². The van der Waals surface area contributed by atoms with Crippen LogP contribution >= 0.6 is 0 Å². The van der Waals surface area contributed by atoms with Crippen LogP contribution in [0.1, 0.15) is 168 Å². The first-order chi connectivity index (χ1) is 28.8. The normalized spacial score (nSPS) is 26.8. The maximum absolute atomic E-state index is 14.0. The largest absolute Gasteiger partial charge is 0.462 e. The molecule has 0 radical (unpaired) electrons. The second kappa shape index (κ2) is 18.7. The molecule has 4 atom stereocenters. The molecule has 0 bridgehead atoms. The molecule has 1 aromatic rings. The fourth-order valence-corrected chi connectivity index (χ4v) is 11.7. The van der Waals surface area contributed by atoms with Crippen molar-refractivity contribution in [2.45, 2.75) is 239 Å². The number of ether oxygens (including phenoxy) is 2. The predicted octanol–water partition coefficient (Wildman–Crippen LogP) is 4.02. The van der Waals surface area contributed by atoms with Crippen LogP contribution < -0.4 is 27.7 Å². The van der Waals surface area contributed by atoms with Gasteiger partial charge >= 0.3 is 29.0 Å². The van der Waals surface area contributed by atoms with E-state index in [1.54, 1.807) is 9.80 Å². The minimum absolute atomic E-state index is 0.0742. The Labute approximate surface area is 373 Å². The Hall–Kier alpha value is -4.28. The summed E-state index contributed by atoms with van der Waals surface area (Å²) >= 11 is 0. The molecule has 0 spiro atoms. The van der Waals surface area contributed by atoms with Crippen LogP contribution in [-0.4, -0.2) is 105 Å². The lowest BCUT2D eigenvalue weighted by molar-refractivity contribution is -0.168. The molecule has 3 fully saturated rings. The average Bonchev–Trinajstić information content (AvgIpc) is 3.10. The quantitative estimate of drug-likeness (QED) is 0.256. The van der Waals surface area contributed by atoms with Gasteiger partial charge in [-0.3, -0.25) is 24.0 Å². The van der Waals surface area contributed by atoms with Gasteiger partial charge in [-0.1, -0.05) is 20.8 Å². The molecule has 63 heavy (non-hydrogen) atoms. The van der Waals surface area contributed by atoms with Crippen LogP contribution in [0.3, 0.4) is 0 Å². The number of rotatable bonds is 14. The number of likely N-dealkylation sites (tertiary alicyclic amines) is 2. The van der Waals surface area contributed by atoms with Gasteiger partial charge in [0.1, 0.15) is 12.2 Å². The minimum Gasteiger partial charge on any atom is -0.462 e. The van der Waals surface area contributed by atoms with Gasteiger partial charge in [0.05, 0.1) is 12.8 Å². The zero-order valence-corrected chi connectivity index (χ0v) is 40.8. The van der Waals surface area contributed by atoms with Crippen LogP contribution in [-0.2, 0) is 53.1 Å². The van der Waals surface area contributed by atoms with Crippen molar-refractivity contribution >= 4 is 29.7 Å². The van der Waals surface area contributed by atoms with Gasteiger partial charge in [-0.05, 0) is 94.4 Å². The number of hydrogen-bond donors (Lipinski definition) is 2. The van der Waals surface area contributed by atoms with Gasteiger partial charge < -0.3 is 29.9 Å². The van der Waals surface area contributed by atoms with Gasteiger partial charge in [-0.2, -0.15) is 0 Å². The van der Waals surface area contributed by atoms with Crippen molar-refractivity contribution in [3.8, 4) is 0 Å². The monoisotopic (exact) mass is 888 g/mol. The third-order valence-corrected chi connectivity index (χ3v) is 14.3. The van der Waals surface area contributed by atoms with E-state index in [4.69, 9.17) is 9.47 Å². The van der Waals surface area contributed by atoms with Crippen molar-refractivity contribution in [1.82, 2.24) is 34.1 Å². The highest BCUT2D eigenvalue weighted by molar-refractivity contribution is 5.77. The highest BCUT2D eigenvalue weighted by atomic mass is 16.5. The Morgan fingerprint density at radius 2 is 0.937 bits per heavy atom. The highest BCUT2D eigenvalue weighted by Gasteiger charge is 2.50. The second-order valence-corrected chi connectivity index (χ2v) is 21.5. The lowest BCUT2D eigenvalue weighted by Gasteiger charge is -2.54. The van der Waals surface area contributed by atoms with E-state index < -0.39 is 76.5 Å². The van der Waals surface area contributed by atoms with Gasteiger partial charge in [0.25, 0.3) is 0 Å². The van der Waals surface area contributed by atoms with E-state index in [1.807, 2.05) is 55.4 Å². The molecule has 3 saturated heterocycles. The molecular formula is C46H77N7O10. The number of nitrogens with one attached hydrogen (secondary N) is 2. The molecular weight excluding hydrogens is 811 g/mol.